The van der Waals surface area contributed by atoms with Crippen molar-refractivity contribution in [2.45, 2.75) is 20.8 Å². The summed E-state index contributed by atoms with van der Waals surface area (Å²) in [6.45, 7) is 5.37. The Kier molecular flexibility index (Phi) is 5.58. The van der Waals surface area contributed by atoms with Gasteiger partial charge >= 0.3 is 0 Å². The maximum absolute atomic E-state index is 11.9. The van der Waals surface area contributed by atoms with E-state index in [9.17, 15) is 9.59 Å². The fourth-order valence-electron chi connectivity index (χ4n) is 1.96. The summed E-state index contributed by atoms with van der Waals surface area (Å²) in [6.07, 6.45) is 0. The molecular weight excluding hydrogens is 302 g/mol. The molecule has 0 bridgehead atoms. The summed E-state index contributed by atoms with van der Waals surface area (Å²) < 4.78 is 0. The monoisotopic (exact) mass is 325 g/mol. The third-order valence-corrected chi connectivity index (χ3v) is 3.32. The van der Waals surface area contributed by atoms with Gasteiger partial charge in [0.15, 0.2) is 0 Å². The molecule has 0 atom stereocenters. The van der Waals surface area contributed by atoms with Gasteiger partial charge in [0.05, 0.1) is 6.54 Å². The zero-order valence-electron chi connectivity index (χ0n) is 14.2. The van der Waals surface area contributed by atoms with Crippen LogP contribution in [-0.2, 0) is 9.59 Å². The van der Waals surface area contributed by atoms with Crippen LogP contribution in [0.15, 0.2) is 54.6 Å². The summed E-state index contributed by atoms with van der Waals surface area (Å²) in [6, 6.07) is 17.2. The molecule has 0 heterocycles. The minimum absolute atomic E-state index is 0.0415. The highest BCUT2D eigenvalue weighted by Crippen LogP contribution is 2.18. The lowest BCUT2D eigenvalue weighted by molar-refractivity contribution is -0.130. The van der Waals surface area contributed by atoms with Gasteiger partial charge in [-0.3, -0.25) is 9.59 Å². The standard InChI is InChI=1S/C19H23N3O2/c1-19(2,3)18(24)20-13-17(23)22-16-11-9-15(10-12-16)21-14-7-5-4-6-8-14/h4-12,21H,13H2,1-3H3,(H,20,24)(H,22,23). The Balaban J connectivity index is 1.85. The van der Waals surface area contributed by atoms with E-state index < -0.39 is 5.41 Å². The van der Waals surface area contributed by atoms with Crippen molar-refractivity contribution in [3.05, 3.63) is 54.6 Å². The summed E-state index contributed by atoms with van der Waals surface area (Å²) in [5, 5.41) is 8.65. The molecule has 2 aromatic carbocycles. The van der Waals surface area contributed by atoms with Crippen molar-refractivity contribution < 1.29 is 9.59 Å². The molecule has 2 amide bonds. The minimum atomic E-state index is -0.509. The third kappa shape index (κ3) is 5.43. The van der Waals surface area contributed by atoms with Crippen molar-refractivity contribution in [2.24, 2.45) is 5.41 Å². The molecule has 0 aliphatic rings. The molecule has 0 aromatic heterocycles. The van der Waals surface area contributed by atoms with Crippen LogP contribution in [0, 0.1) is 5.41 Å². The van der Waals surface area contributed by atoms with Crippen molar-refractivity contribution in [2.75, 3.05) is 17.2 Å². The predicted molar refractivity (Wildman–Crippen MR) is 97.3 cm³/mol. The number of hydrogen-bond donors (Lipinski definition) is 3. The number of hydrogen-bond acceptors (Lipinski definition) is 3. The van der Waals surface area contributed by atoms with Gasteiger partial charge in [-0.15, -0.1) is 0 Å². The molecule has 0 radical (unpaired) electrons. The zero-order chi connectivity index (χ0) is 17.6. The molecule has 5 heteroatoms. The molecule has 0 aliphatic heterocycles. The number of amides is 2. The molecule has 0 unspecified atom stereocenters. The summed E-state index contributed by atoms with van der Waals surface area (Å²) >= 11 is 0. The topological polar surface area (TPSA) is 70.2 Å². The molecule has 0 saturated heterocycles. The van der Waals surface area contributed by atoms with Crippen LogP contribution >= 0.6 is 0 Å². The van der Waals surface area contributed by atoms with E-state index in [0.717, 1.165) is 11.4 Å². The van der Waals surface area contributed by atoms with E-state index in [-0.39, 0.29) is 18.4 Å². The molecule has 3 N–H and O–H groups in total. The highest BCUT2D eigenvalue weighted by molar-refractivity contribution is 5.95. The van der Waals surface area contributed by atoms with Crippen LogP contribution in [0.4, 0.5) is 17.1 Å². The van der Waals surface area contributed by atoms with E-state index in [1.54, 1.807) is 20.8 Å². The van der Waals surface area contributed by atoms with Crippen LogP contribution in [0.25, 0.3) is 0 Å². The highest BCUT2D eigenvalue weighted by atomic mass is 16.2. The van der Waals surface area contributed by atoms with Crippen LogP contribution in [0.1, 0.15) is 20.8 Å². The van der Waals surface area contributed by atoms with E-state index >= 15 is 0 Å². The van der Waals surface area contributed by atoms with Gasteiger partial charge in [-0.2, -0.15) is 0 Å². The quantitative estimate of drug-likeness (QED) is 0.787. The lowest BCUT2D eigenvalue weighted by Crippen LogP contribution is -2.39. The van der Waals surface area contributed by atoms with Crippen molar-refractivity contribution >= 4 is 28.9 Å². The van der Waals surface area contributed by atoms with Crippen molar-refractivity contribution in [3.63, 3.8) is 0 Å². The van der Waals surface area contributed by atoms with Crippen LogP contribution < -0.4 is 16.0 Å². The Morgan fingerprint density at radius 3 is 1.96 bits per heavy atom. The Bertz CT molecular complexity index is 689. The number of rotatable bonds is 5. The first-order valence-electron chi connectivity index (χ1n) is 7.85. The van der Waals surface area contributed by atoms with Gasteiger partial charge < -0.3 is 16.0 Å². The molecule has 126 valence electrons. The van der Waals surface area contributed by atoms with Crippen LogP contribution in [0.5, 0.6) is 0 Å². The smallest absolute Gasteiger partial charge is 0.243 e. The molecule has 0 spiro atoms. The fourth-order valence-corrected chi connectivity index (χ4v) is 1.96. The van der Waals surface area contributed by atoms with Crippen molar-refractivity contribution in [3.8, 4) is 0 Å². The van der Waals surface area contributed by atoms with E-state index in [1.165, 1.54) is 0 Å². The van der Waals surface area contributed by atoms with Crippen molar-refractivity contribution in [1.29, 1.82) is 0 Å². The average molecular weight is 325 g/mol. The van der Waals surface area contributed by atoms with Crippen molar-refractivity contribution in [1.82, 2.24) is 5.32 Å². The van der Waals surface area contributed by atoms with Crippen LogP contribution in [-0.4, -0.2) is 18.4 Å². The maximum Gasteiger partial charge on any atom is 0.243 e. The minimum Gasteiger partial charge on any atom is -0.356 e. The molecule has 0 aliphatic carbocycles. The SMILES string of the molecule is CC(C)(C)C(=O)NCC(=O)Nc1ccc(Nc2ccccc2)cc1. The number of anilines is 3. The summed E-state index contributed by atoms with van der Waals surface area (Å²) in [7, 11) is 0. The average Bonchev–Trinajstić information content (AvgIpc) is 2.54. The summed E-state index contributed by atoms with van der Waals surface area (Å²) in [5.74, 6) is -0.406. The van der Waals surface area contributed by atoms with E-state index in [1.807, 2.05) is 54.6 Å². The molecule has 24 heavy (non-hydrogen) atoms. The first-order chi connectivity index (χ1) is 11.3. The van der Waals surface area contributed by atoms with E-state index in [0.29, 0.717) is 5.69 Å². The number of carbonyl (C=O) groups excluding carboxylic acids is 2. The van der Waals surface area contributed by atoms with E-state index in [2.05, 4.69) is 16.0 Å². The summed E-state index contributed by atoms with van der Waals surface area (Å²) in [4.78, 5) is 23.6. The van der Waals surface area contributed by atoms with Gasteiger partial charge in [0, 0.05) is 22.5 Å². The Morgan fingerprint density at radius 2 is 1.38 bits per heavy atom. The zero-order valence-corrected chi connectivity index (χ0v) is 14.2. The number of nitrogens with one attached hydrogen (secondary N) is 3. The van der Waals surface area contributed by atoms with Gasteiger partial charge in [0.1, 0.15) is 0 Å². The molecule has 0 fully saturated rings. The maximum atomic E-state index is 11.9. The van der Waals surface area contributed by atoms with Gasteiger partial charge in [-0.05, 0) is 36.4 Å². The highest BCUT2D eigenvalue weighted by Gasteiger charge is 2.21. The van der Waals surface area contributed by atoms with Gasteiger partial charge in [0.25, 0.3) is 0 Å². The second kappa shape index (κ2) is 7.64. The Morgan fingerprint density at radius 1 is 0.833 bits per heavy atom. The van der Waals surface area contributed by atoms with E-state index in [4.69, 9.17) is 0 Å². The van der Waals surface area contributed by atoms with Crippen LogP contribution in [0.2, 0.25) is 0 Å². The number of carbonyl (C=O) groups is 2. The summed E-state index contributed by atoms with van der Waals surface area (Å²) in [5.41, 5.74) is 2.11. The largest absolute Gasteiger partial charge is 0.356 e. The first-order valence-corrected chi connectivity index (χ1v) is 7.85. The molecule has 2 aromatic rings. The number of para-hydroxylation sites is 1. The lowest BCUT2D eigenvalue weighted by atomic mass is 9.96. The number of benzene rings is 2. The fraction of sp³-hybridized carbons (Fsp3) is 0.263. The van der Waals surface area contributed by atoms with Gasteiger partial charge in [-0.25, -0.2) is 0 Å². The Hall–Kier alpha value is -2.82. The molecule has 5 nitrogen and oxygen atoms in total. The van der Waals surface area contributed by atoms with Gasteiger partial charge in [0.2, 0.25) is 11.8 Å². The Labute approximate surface area is 142 Å². The lowest BCUT2D eigenvalue weighted by Gasteiger charge is -2.17. The third-order valence-electron chi connectivity index (χ3n) is 3.32. The normalized spacial score (nSPS) is 10.8. The second-order valence-corrected chi connectivity index (χ2v) is 6.55. The molecule has 0 saturated carbocycles. The molecular formula is C19H23N3O2. The van der Waals surface area contributed by atoms with Crippen LogP contribution in [0.3, 0.4) is 0 Å². The second-order valence-electron chi connectivity index (χ2n) is 6.55. The predicted octanol–water partition coefficient (Wildman–Crippen LogP) is 3.53. The van der Waals surface area contributed by atoms with Gasteiger partial charge in [-0.1, -0.05) is 39.0 Å². The first kappa shape index (κ1) is 17.5. The molecule has 2 rings (SSSR count).